The average Bonchev–Trinajstić information content (AvgIpc) is 3.33. The number of thioether (sulfide) groups is 2. The third-order valence-electron chi connectivity index (χ3n) is 4.58. The van der Waals surface area contributed by atoms with E-state index in [9.17, 15) is 14.4 Å². The predicted octanol–water partition coefficient (Wildman–Crippen LogP) is 2.25. The number of alkyl carbamates (subject to hydrolysis) is 1. The molecule has 0 saturated carbocycles. The molecule has 1 spiro atoms. The van der Waals surface area contributed by atoms with Crippen LogP contribution in [0.15, 0.2) is 30.3 Å². The highest BCUT2D eigenvalue weighted by atomic mass is 32.2. The van der Waals surface area contributed by atoms with E-state index in [1.807, 2.05) is 30.3 Å². The smallest absolute Gasteiger partial charge is 0.407 e. The van der Waals surface area contributed by atoms with Crippen molar-refractivity contribution < 1.29 is 23.9 Å². The zero-order chi connectivity index (χ0) is 20.0. The molecule has 1 aromatic rings. The first-order valence-corrected chi connectivity index (χ1v) is 11.2. The summed E-state index contributed by atoms with van der Waals surface area (Å²) in [6, 6.07) is 8.70. The summed E-state index contributed by atoms with van der Waals surface area (Å²) in [6.07, 6.45) is -0.0887. The molecule has 2 saturated heterocycles. The second-order valence-corrected chi connectivity index (χ2v) is 9.73. The second-order valence-electron chi connectivity index (χ2n) is 6.52. The molecule has 1 atom stereocenters. The second kappa shape index (κ2) is 9.56. The highest BCUT2D eigenvalue weighted by molar-refractivity contribution is 8.21. The van der Waals surface area contributed by atoms with Gasteiger partial charge in [0.25, 0.3) is 0 Å². The van der Waals surface area contributed by atoms with Crippen molar-refractivity contribution in [3.8, 4) is 0 Å². The van der Waals surface area contributed by atoms with Crippen LogP contribution < -0.4 is 5.32 Å². The summed E-state index contributed by atoms with van der Waals surface area (Å²) in [7, 11) is 0. The number of esters is 1. The number of nitrogens with zero attached hydrogens (tertiary/aromatic N) is 1. The Bertz CT molecular complexity index is 710. The van der Waals surface area contributed by atoms with Gasteiger partial charge in [-0.2, -0.15) is 0 Å². The minimum absolute atomic E-state index is 0.131. The maximum atomic E-state index is 12.7. The molecule has 9 heteroatoms. The van der Waals surface area contributed by atoms with Crippen LogP contribution in [0.4, 0.5) is 4.79 Å². The van der Waals surface area contributed by atoms with Gasteiger partial charge in [0.15, 0.2) is 0 Å². The molecule has 3 rings (SSSR count). The fourth-order valence-corrected chi connectivity index (χ4v) is 6.54. The number of amides is 2. The number of ether oxygens (including phenoxy) is 2. The monoisotopic (exact) mass is 424 g/mol. The van der Waals surface area contributed by atoms with Crippen molar-refractivity contribution in [1.29, 1.82) is 0 Å². The zero-order valence-corrected chi connectivity index (χ0v) is 17.4. The Morgan fingerprint density at radius 1 is 1.18 bits per heavy atom. The summed E-state index contributed by atoms with van der Waals surface area (Å²) in [6.45, 7) is 2.42. The van der Waals surface area contributed by atoms with Gasteiger partial charge in [-0.15, -0.1) is 23.5 Å². The average molecular weight is 425 g/mol. The maximum absolute atomic E-state index is 12.7. The molecule has 2 heterocycles. The van der Waals surface area contributed by atoms with Crippen LogP contribution in [0.3, 0.4) is 0 Å². The van der Waals surface area contributed by atoms with E-state index in [4.69, 9.17) is 9.47 Å². The van der Waals surface area contributed by atoms with Crippen molar-refractivity contribution in [3.63, 3.8) is 0 Å². The topological polar surface area (TPSA) is 84.9 Å². The highest BCUT2D eigenvalue weighted by Gasteiger charge is 2.51. The molecule has 0 aliphatic carbocycles. The molecule has 2 aliphatic rings. The van der Waals surface area contributed by atoms with E-state index in [2.05, 4.69) is 5.32 Å². The predicted molar refractivity (Wildman–Crippen MR) is 109 cm³/mol. The number of carbonyl (C=O) groups is 3. The van der Waals surface area contributed by atoms with Crippen molar-refractivity contribution in [2.45, 2.75) is 30.1 Å². The molecule has 2 fully saturated rings. The Kier molecular flexibility index (Phi) is 7.12. The van der Waals surface area contributed by atoms with Gasteiger partial charge in [-0.05, 0) is 12.5 Å². The molecule has 0 radical (unpaired) electrons. The summed E-state index contributed by atoms with van der Waals surface area (Å²) < 4.78 is 10.1. The molecule has 28 heavy (non-hydrogen) atoms. The first-order chi connectivity index (χ1) is 13.5. The highest BCUT2D eigenvalue weighted by Crippen LogP contribution is 2.51. The number of likely N-dealkylation sites (tertiary alicyclic amines) is 1. The van der Waals surface area contributed by atoms with Gasteiger partial charge in [0.2, 0.25) is 5.91 Å². The zero-order valence-electron chi connectivity index (χ0n) is 15.7. The van der Waals surface area contributed by atoms with Crippen molar-refractivity contribution in [2.24, 2.45) is 0 Å². The molecule has 0 unspecified atom stereocenters. The van der Waals surface area contributed by atoms with Gasteiger partial charge in [-0.1, -0.05) is 30.3 Å². The van der Waals surface area contributed by atoms with E-state index in [1.54, 1.807) is 35.3 Å². The van der Waals surface area contributed by atoms with Crippen LogP contribution in [-0.4, -0.2) is 64.2 Å². The van der Waals surface area contributed by atoms with E-state index in [0.29, 0.717) is 13.0 Å². The van der Waals surface area contributed by atoms with Crippen LogP contribution in [-0.2, 0) is 25.7 Å². The molecule has 152 valence electrons. The van der Waals surface area contributed by atoms with Crippen LogP contribution in [0.2, 0.25) is 0 Å². The van der Waals surface area contributed by atoms with Gasteiger partial charge in [-0.3, -0.25) is 4.79 Å². The van der Waals surface area contributed by atoms with Crippen molar-refractivity contribution >= 4 is 41.5 Å². The Morgan fingerprint density at radius 2 is 1.89 bits per heavy atom. The van der Waals surface area contributed by atoms with Crippen molar-refractivity contribution in [3.05, 3.63) is 35.9 Å². The quantitative estimate of drug-likeness (QED) is 0.701. The number of hydrogen-bond donors (Lipinski definition) is 1. The standard InChI is InChI=1S/C19H24N2O5S2/c1-2-25-17(23)15-10-19(27-8-9-28-19)13-21(15)16(22)11-20-18(24)26-12-14-6-4-3-5-7-14/h3-7,15H,2,8-13H2,1H3,(H,20,24)/t15-/m0/s1. The first kappa shape index (κ1) is 20.9. The van der Waals surface area contributed by atoms with Crippen LogP contribution >= 0.6 is 23.5 Å². The number of rotatable bonds is 6. The van der Waals surface area contributed by atoms with Gasteiger partial charge >= 0.3 is 12.1 Å². The van der Waals surface area contributed by atoms with Gasteiger partial charge in [0, 0.05) is 24.5 Å². The molecule has 1 aromatic carbocycles. The van der Waals surface area contributed by atoms with E-state index < -0.39 is 12.1 Å². The molecule has 0 bridgehead atoms. The Morgan fingerprint density at radius 3 is 2.57 bits per heavy atom. The summed E-state index contributed by atoms with van der Waals surface area (Å²) in [5.41, 5.74) is 0.864. The maximum Gasteiger partial charge on any atom is 0.407 e. The van der Waals surface area contributed by atoms with Gasteiger partial charge in [-0.25, -0.2) is 9.59 Å². The molecule has 1 N–H and O–H groups in total. The number of benzene rings is 1. The molecule has 7 nitrogen and oxygen atoms in total. The van der Waals surface area contributed by atoms with E-state index in [-0.39, 0.29) is 35.7 Å². The molecule has 2 aliphatic heterocycles. The van der Waals surface area contributed by atoms with Crippen molar-refractivity contribution in [1.82, 2.24) is 10.2 Å². The van der Waals surface area contributed by atoms with Crippen LogP contribution in [0.25, 0.3) is 0 Å². The lowest BCUT2D eigenvalue weighted by Gasteiger charge is -2.23. The minimum atomic E-state index is -0.664. The van der Waals surface area contributed by atoms with Crippen LogP contribution in [0.1, 0.15) is 18.9 Å². The minimum Gasteiger partial charge on any atom is -0.464 e. The fraction of sp³-hybridized carbons (Fsp3) is 0.526. The Hall–Kier alpha value is -1.87. The largest absolute Gasteiger partial charge is 0.464 e. The molecule has 2 amide bonds. The van der Waals surface area contributed by atoms with Crippen molar-refractivity contribution in [2.75, 3.05) is 31.2 Å². The molecular formula is C19H24N2O5S2. The normalized spacial score (nSPS) is 20.2. The van der Waals surface area contributed by atoms with Crippen LogP contribution in [0.5, 0.6) is 0 Å². The fourth-order valence-electron chi connectivity index (χ4n) is 3.28. The lowest BCUT2D eigenvalue weighted by Crippen LogP contribution is -2.46. The summed E-state index contributed by atoms with van der Waals surface area (Å²) >= 11 is 3.58. The first-order valence-electron chi connectivity index (χ1n) is 9.21. The number of nitrogens with one attached hydrogen (secondary N) is 1. The lowest BCUT2D eigenvalue weighted by atomic mass is 10.2. The summed E-state index contributed by atoms with van der Waals surface area (Å²) in [5.74, 6) is 1.32. The third kappa shape index (κ3) is 5.14. The van der Waals surface area contributed by atoms with Crippen LogP contribution in [0, 0.1) is 0 Å². The SMILES string of the molecule is CCOC(=O)[C@@H]1CC2(CN1C(=O)CNC(=O)OCc1ccccc1)SCCS2. The van der Waals surface area contributed by atoms with E-state index >= 15 is 0 Å². The number of hydrogen-bond acceptors (Lipinski definition) is 7. The van der Waals surface area contributed by atoms with Gasteiger partial charge < -0.3 is 19.7 Å². The Balaban J connectivity index is 1.53. The van der Waals surface area contributed by atoms with E-state index in [0.717, 1.165) is 17.1 Å². The Labute approximate surface area is 172 Å². The molecular weight excluding hydrogens is 400 g/mol. The summed E-state index contributed by atoms with van der Waals surface area (Å²) in [4.78, 5) is 38.5. The van der Waals surface area contributed by atoms with Gasteiger partial charge in [0.1, 0.15) is 19.2 Å². The molecule has 0 aromatic heterocycles. The lowest BCUT2D eigenvalue weighted by molar-refractivity contribution is -0.152. The number of carbonyl (C=O) groups excluding carboxylic acids is 3. The van der Waals surface area contributed by atoms with E-state index in [1.165, 1.54) is 0 Å². The third-order valence-corrected chi connectivity index (χ3v) is 8.01. The van der Waals surface area contributed by atoms with Gasteiger partial charge in [0.05, 0.1) is 10.7 Å². The summed E-state index contributed by atoms with van der Waals surface area (Å²) in [5, 5.41) is 2.48.